The molecule has 1 aliphatic rings. The Labute approximate surface area is 103 Å². The summed E-state index contributed by atoms with van der Waals surface area (Å²) < 4.78 is 13.9. The summed E-state index contributed by atoms with van der Waals surface area (Å²) in [4.78, 5) is 3.97. The molecule has 0 aromatic heterocycles. The first-order valence-corrected chi connectivity index (χ1v) is 6.19. The summed E-state index contributed by atoms with van der Waals surface area (Å²) in [7, 11) is 1.97. The summed E-state index contributed by atoms with van der Waals surface area (Å²) >= 11 is 0. The SMILES string of the molecule is Cc1ccc(CN2CCN(C)CC2F)c(C)c1. The van der Waals surface area contributed by atoms with E-state index >= 15 is 0 Å². The largest absolute Gasteiger partial charge is 0.301 e. The van der Waals surface area contributed by atoms with Gasteiger partial charge in [-0.05, 0) is 32.0 Å². The van der Waals surface area contributed by atoms with E-state index in [-0.39, 0.29) is 0 Å². The number of likely N-dealkylation sites (N-methyl/N-ethyl adjacent to an activating group) is 1. The van der Waals surface area contributed by atoms with Gasteiger partial charge < -0.3 is 4.90 Å². The quantitative estimate of drug-likeness (QED) is 0.727. The molecule has 1 aliphatic heterocycles. The van der Waals surface area contributed by atoms with Crippen molar-refractivity contribution >= 4 is 0 Å². The number of nitrogens with zero attached hydrogens (tertiary/aromatic N) is 2. The number of aryl methyl sites for hydroxylation is 2. The third-order valence-electron chi connectivity index (χ3n) is 3.50. The van der Waals surface area contributed by atoms with Crippen molar-refractivity contribution in [3.8, 4) is 0 Å². The van der Waals surface area contributed by atoms with E-state index < -0.39 is 6.30 Å². The molecule has 94 valence electrons. The van der Waals surface area contributed by atoms with Gasteiger partial charge in [0.15, 0.2) is 6.30 Å². The monoisotopic (exact) mass is 236 g/mol. The first kappa shape index (κ1) is 12.5. The van der Waals surface area contributed by atoms with Crippen LogP contribution in [0.4, 0.5) is 4.39 Å². The second-order valence-electron chi connectivity index (χ2n) is 5.10. The standard InChI is InChI=1S/C14H21FN2/c1-11-4-5-13(12(2)8-11)9-17-7-6-16(3)10-14(17)15/h4-5,8,14H,6-7,9-10H2,1-3H3. The molecule has 1 unspecified atom stereocenters. The first-order chi connectivity index (χ1) is 8.06. The van der Waals surface area contributed by atoms with Crippen molar-refractivity contribution in [3.05, 3.63) is 34.9 Å². The Morgan fingerprint density at radius 1 is 1.29 bits per heavy atom. The van der Waals surface area contributed by atoms with Crippen LogP contribution in [0.15, 0.2) is 18.2 Å². The molecule has 0 amide bonds. The van der Waals surface area contributed by atoms with Gasteiger partial charge in [-0.25, -0.2) is 4.39 Å². The number of rotatable bonds is 2. The van der Waals surface area contributed by atoms with Gasteiger partial charge in [-0.3, -0.25) is 4.90 Å². The fraction of sp³-hybridized carbons (Fsp3) is 0.571. The normalized spacial score (nSPS) is 22.9. The zero-order valence-corrected chi connectivity index (χ0v) is 10.9. The number of hydrogen-bond acceptors (Lipinski definition) is 2. The van der Waals surface area contributed by atoms with Gasteiger partial charge >= 0.3 is 0 Å². The van der Waals surface area contributed by atoms with Gasteiger partial charge in [-0.2, -0.15) is 0 Å². The molecule has 17 heavy (non-hydrogen) atoms. The highest BCUT2D eigenvalue weighted by Crippen LogP contribution is 2.17. The van der Waals surface area contributed by atoms with Gasteiger partial charge in [0.05, 0.1) is 0 Å². The molecule has 1 fully saturated rings. The molecule has 1 aromatic rings. The number of hydrogen-bond donors (Lipinski definition) is 0. The van der Waals surface area contributed by atoms with Crippen LogP contribution in [-0.2, 0) is 6.54 Å². The average Bonchev–Trinajstić information content (AvgIpc) is 2.25. The van der Waals surface area contributed by atoms with Gasteiger partial charge in [0.25, 0.3) is 0 Å². The maximum absolute atomic E-state index is 13.9. The Morgan fingerprint density at radius 2 is 2.06 bits per heavy atom. The van der Waals surface area contributed by atoms with Crippen molar-refractivity contribution in [2.45, 2.75) is 26.7 Å². The lowest BCUT2D eigenvalue weighted by Crippen LogP contribution is -2.49. The molecule has 1 atom stereocenters. The third kappa shape index (κ3) is 3.05. The lowest BCUT2D eigenvalue weighted by Gasteiger charge is -2.35. The number of piperazine rings is 1. The Hall–Kier alpha value is -0.930. The van der Waals surface area contributed by atoms with Crippen LogP contribution in [0.3, 0.4) is 0 Å². The van der Waals surface area contributed by atoms with Gasteiger partial charge in [0.2, 0.25) is 0 Å². The molecule has 0 aliphatic carbocycles. The van der Waals surface area contributed by atoms with Crippen LogP contribution in [0.25, 0.3) is 0 Å². The van der Waals surface area contributed by atoms with E-state index in [2.05, 4.69) is 32.0 Å². The highest BCUT2D eigenvalue weighted by molar-refractivity contribution is 5.30. The van der Waals surface area contributed by atoms with Crippen LogP contribution in [-0.4, -0.2) is 42.8 Å². The zero-order valence-electron chi connectivity index (χ0n) is 10.9. The second-order valence-corrected chi connectivity index (χ2v) is 5.10. The van der Waals surface area contributed by atoms with Gasteiger partial charge in [-0.1, -0.05) is 23.8 Å². The van der Waals surface area contributed by atoms with Crippen molar-refractivity contribution < 1.29 is 4.39 Å². The summed E-state index contributed by atoms with van der Waals surface area (Å²) in [6.07, 6.45) is -0.838. The van der Waals surface area contributed by atoms with Gasteiger partial charge in [-0.15, -0.1) is 0 Å². The molecule has 1 saturated heterocycles. The predicted octanol–water partition coefficient (Wildman–Crippen LogP) is 2.35. The van der Waals surface area contributed by atoms with E-state index in [1.165, 1.54) is 16.7 Å². The van der Waals surface area contributed by atoms with Crippen LogP contribution in [0, 0.1) is 13.8 Å². The summed E-state index contributed by atoms with van der Waals surface area (Å²) in [5.41, 5.74) is 3.76. The highest BCUT2D eigenvalue weighted by Gasteiger charge is 2.24. The minimum atomic E-state index is -0.838. The lowest BCUT2D eigenvalue weighted by molar-refractivity contribution is 0.00403. The molecule has 0 spiro atoms. The molecule has 3 heteroatoms. The molecule has 2 nitrogen and oxygen atoms in total. The lowest BCUT2D eigenvalue weighted by atomic mass is 10.0. The van der Waals surface area contributed by atoms with Crippen molar-refractivity contribution in [3.63, 3.8) is 0 Å². The zero-order chi connectivity index (χ0) is 12.4. The number of halogens is 1. The van der Waals surface area contributed by atoms with Crippen LogP contribution >= 0.6 is 0 Å². The Kier molecular flexibility index (Phi) is 3.79. The summed E-state index contributed by atoms with van der Waals surface area (Å²) in [6, 6.07) is 6.39. The number of alkyl halides is 1. The summed E-state index contributed by atoms with van der Waals surface area (Å²) in [5.74, 6) is 0. The Balaban J connectivity index is 2.05. The van der Waals surface area contributed by atoms with E-state index in [1.54, 1.807) is 0 Å². The van der Waals surface area contributed by atoms with Crippen LogP contribution in [0.1, 0.15) is 16.7 Å². The summed E-state index contributed by atoms with van der Waals surface area (Å²) in [6.45, 7) is 7.19. The van der Waals surface area contributed by atoms with E-state index in [1.807, 2.05) is 16.8 Å². The van der Waals surface area contributed by atoms with Gasteiger partial charge in [0, 0.05) is 26.2 Å². The second kappa shape index (κ2) is 5.15. The highest BCUT2D eigenvalue weighted by atomic mass is 19.1. The molecule has 0 N–H and O–H groups in total. The fourth-order valence-electron chi connectivity index (χ4n) is 2.32. The predicted molar refractivity (Wildman–Crippen MR) is 68.7 cm³/mol. The van der Waals surface area contributed by atoms with Crippen molar-refractivity contribution in [2.75, 3.05) is 26.7 Å². The average molecular weight is 236 g/mol. The van der Waals surface area contributed by atoms with Crippen molar-refractivity contribution in [2.24, 2.45) is 0 Å². The van der Waals surface area contributed by atoms with E-state index in [4.69, 9.17) is 0 Å². The van der Waals surface area contributed by atoms with E-state index in [0.29, 0.717) is 6.54 Å². The van der Waals surface area contributed by atoms with Crippen LogP contribution < -0.4 is 0 Å². The maximum atomic E-state index is 13.9. The van der Waals surface area contributed by atoms with E-state index in [9.17, 15) is 4.39 Å². The molecule has 0 saturated carbocycles. The van der Waals surface area contributed by atoms with E-state index in [0.717, 1.165) is 19.6 Å². The molecule has 1 aromatic carbocycles. The molecule has 0 bridgehead atoms. The Morgan fingerprint density at radius 3 is 2.71 bits per heavy atom. The van der Waals surface area contributed by atoms with Crippen molar-refractivity contribution in [1.29, 1.82) is 0 Å². The number of benzene rings is 1. The third-order valence-corrected chi connectivity index (χ3v) is 3.50. The molecular weight excluding hydrogens is 215 g/mol. The molecular formula is C14H21FN2. The minimum absolute atomic E-state index is 0.519. The fourth-order valence-corrected chi connectivity index (χ4v) is 2.32. The smallest absolute Gasteiger partial charge is 0.166 e. The first-order valence-electron chi connectivity index (χ1n) is 6.19. The molecule has 2 rings (SSSR count). The maximum Gasteiger partial charge on any atom is 0.166 e. The molecule has 1 heterocycles. The van der Waals surface area contributed by atoms with Gasteiger partial charge in [0.1, 0.15) is 0 Å². The van der Waals surface area contributed by atoms with Crippen LogP contribution in [0.2, 0.25) is 0 Å². The molecule has 0 radical (unpaired) electrons. The minimum Gasteiger partial charge on any atom is -0.301 e. The van der Waals surface area contributed by atoms with Crippen molar-refractivity contribution in [1.82, 2.24) is 9.80 Å². The topological polar surface area (TPSA) is 6.48 Å². The Bertz CT molecular complexity index is 392. The summed E-state index contributed by atoms with van der Waals surface area (Å²) in [5, 5.41) is 0. The van der Waals surface area contributed by atoms with Crippen LogP contribution in [0.5, 0.6) is 0 Å².